The molecule has 0 spiro atoms. The summed E-state index contributed by atoms with van der Waals surface area (Å²) in [6.45, 7) is 3.34. The van der Waals surface area contributed by atoms with Crippen LogP contribution in [0.2, 0.25) is 0 Å². The first-order valence-electron chi connectivity index (χ1n) is 9.89. The molecular formula is C20H25N7O3. The van der Waals surface area contributed by atoms with Crippen LogP contribution < -0.4 is 11.4 Å². The number of nitrogens with two attached hydrogens (primary N) is 1. The van der Waals surface area contributed by atoms with Gasteiger partial charge < -0.3 is 10.5 Å². The lowest BCUT2D eigenvalue weighted by Gasteiger charge is -2.05. The van der Waals surface area contributed by atoms with Gasteiger partial charge in [-0.1, -0.05) is 35.9 Å². The summed E-state index contributed by atoms with van der Waals surface area (Å²) in [4.78, 5) is 30.6. The zero-order valence-electron chi connectivity index (χ0n) is 16.9. The highest BCUT2D eigenvalue weighted by Gasteiger charge is 2.06. The Morgan fingerprint density at radius 1 is 1.17 bits per heavy atom. The largest absolute Gasteiger partial charge is 0.466 e. The van der Waals surface area contributed by atoms with Gasteiger partial charge in [0, 0.05) is 18.5 Å². The quantitative estimate of drug-likeness (QED) is 0.394. The Morgan fingerprint density at radius 3 is 2.70 bits per heavy atom. The van der Waals surface area contributed by atoms with Gasteiger partial charge in [0.05, 0.1) is 19.3 Å². The maximum absolute atomic E-state index is 11.8. The molecule has 0 amide bonds. The fraction of sp³-hybridized carbons (Fsp3) is 0.400. The van der Waals surface area contributed by atoms with E-state index >= 15 is 0 Å². The number of hydrogen-bond acceptors (Lipinski definition) is 8. The van der Waals surface area contributed by atoms with Crippen molar-refractivity contribution in [1.82, 2.24) is 29.5 Å². The lowest BCUT2D eigenvalue weighted by molar-refractivity contribution is -0.143. The Kier molecular flexibility index (Phi) is 7.25. The summed E-state index contributed by atoms with van der Waals surface area (Å²) in [5, 5.41) is 8.39. The van der Waals surface area contributed by atoms with Crippen LogP contribution >= 0.6 is 0 Å². The maximum Gasteiger partial charge on any atom is 0.352 e. The molecule has 0 fully saturated rings. The van der Waals surface area contributed by atoms with E-state index in [0.717, 1.165) is 42.6 Å². The number of aromatic nitrogens is 6. The first kappa shape index (κ1) is 21.2. The third-order valence-corrected chi connectivity index (χ3v) is 4.50. The SMILES string of the molecule is CCOC(=O)CCCCCn1cc(-c2ccc(Cn3cnc(N)nc3=O)cc2)nn1. The molecule has 2 aromatic heterocycles. The number of ether oxygens (including phenoxy) is 1. The Labute approximate surface area is 173 Å². The average molecular weight is 411 g/mol. The molecular weight excluding hydrogens is 386 g/mol. The van der Waals surface area contributed by atoms with Crippen molar-refractivity contribution in [3.8, 4) is 11.3 Å². The van der Waals surface area contributed by atoms with Crippen LogP contribution in [0.25, 0.3) is 11.3 Å². The molecule has 10 heteroatoms. The Hall–Kier alpha value is -3.56. The van der Waals surface area contributed by atoms with Crippen LogP contribution in [-0.2, 0) is 22.6 Å². The number of benzene rings is 1. The molecule has 0 radical (unpaired) electrons. The van der Waals surface area contributed by atoms with Gasteiger partial charge in [-0.05, 0) is 25.3 Å². The second kappa shape index (κ2) is 10.3. The summed E-state index contributed by atoms with van der Waals surface area (Å²) < 4.78 is 8.11. The standard InChI is InChI=1S/C20H25N7O3/c1-2-30-18(28)6-4-3-5-11-27-13-17(24-25-27)16-9-7-15(8-10-16)12-26-14-22-19(21)23-20(26)29/h7-10,13-14H,2-6,11-12H2,1H3,(H2,21,23,29). The molecule has 158 valence electrons. The molecule has 0 aliphatic rings. The second-order valence-corrected chi connectivity index (χ2v) is 6.80. The second-order valence-electron chi connectivity index (χ2n) is 6.80. The maximum atomic E-state index is 11.8. The first-order valence-corrected chi connectivity index (χ1v) is 9.89. The number of nitrogens with zero attached hydrogens (tertiary/aromatic N) is 6. The van der Waals surface area contributed by atoms with Crippen LogP contribution in [0.5, 0.6) is 0 Å². The van der Waals surface area contributed by atoms with Crippen LogP contribution in [0.1, 0.15) is 38.2 Å². The Morgan fingerprint density at radius 2 is 1.97 bits per heavy atom. The first-order chi connectivity index (χ1) is 14.5. The number of unbranched alkanes of at least 4 members (excludes halogenated alkanes) is 2. The lowest BCUT2D eigenvalue weighted by Crippen LogP contribution is -2.24. The number of anilines is 1. The summed E-state index contributed by atoms with van der Waals surface area (Å²) in [6.07, 6.45) is 6.40. The molecule has 3 aromatic rings. The summed E-state index contributed by atoms with van der Waals surface area (Å²) in [5.74, 6) is -0.175. The molecule has 10 nitrogen and oxygen atoms in total. The van der Waals surface area contributed by atoms with Gasteiger partial charge in [0.25, 0.3) is 0 Å². The average Bonchev–Trinajstić information content (AvgIpc) is 3.19. The third-order valence-electron chi connectivity index (χ3n) is 4.50. The van der Waals surface area contributed by atoms with Gasteiger partial charge in [0.15, 0.2) is 0 Å². The smallest absolute Gasteiger partial charge is 0.352 e. The van der Waals surface area contributed by atoms with Crippen LogP contribution in [0, 0.1) is 0 Å². The van der Waals surface area contributed by atoms with Crippen molar-refractivity contribution in [2.75, 3.05) is 12.3 Å². The zero-order chi connectivity index (χ0) is 21.3. The van der Waals surface area contributed by atoms with Crippen molar-refractivity contribution in [2.24, 2.45) is 0 Å². The van der Waals surface area contributed by atoms with Crippen LogP contribution in [0.4, 0.5) is 5.95 Å². The van der Waals surface area contributed by atoms with E-state index in [1.54, 1.807) is 4.68 Å². The molecule has 0 saturated heterocycles. The van der Waals surface area contributed by atoms with Gasteiger partial charge in [0.2, 0.25) is 5.95 Å². The predicted molar refractivity (Wildman–Crippen MR) is 110 cm³/mol. The summed E-state index contributed by atoms with van der Waals surface area (Å²) in [6, 6.07) is 7.72. The zero-order valence-corrected chi connectivity index (χ0v) is 16.9. The normalized spacial score (nSPS) is 10.8. The monoisotopic (exact) mass is 411 g/mol. The molecule has 0 aliphatic heterocycles. The van der Waals surface area contributed by atoms with E-state index in [4.69, 9.17) is 10.5 Å². The minimum atomic E-state index is -0.434. The number of aryl methyl sites for hydroxylation is 1. The van der Waals surface area contributed by atoms with E-state index in [0.29, 0.717) is 19.6 Å². The van der Waals surface area contributed by atoms with E-state index < -0.39 is 5.69 Å². The fourth-order valence-electron chi connectivity index (χ4n) is 2.95. The molecule has 0 saturated carbocycles. The van der Waals surface area contributed by atoms with E-state index in [1.165, 1.54) is 10.9 Å². The van der Waals surface area contributed by atoms with Crippen molar-refractivity contribution < 1.29 is 9.53 Å². The van der Waals surface area contributed by atoms with Gasteiger partial charge in [0.1, 0.15) is 12.0 Å². The highest BCUT2D eigenvalue weighted by molar-refractivity contribution is 5.69. The minimum Gasteiger partial charge on any atom is -0.466 e. The third kappa shape index (κ3) is 5.97. The number of rotatable bonds is 10. The van der Waals surface area contributed by atoms with E-state index in [2.05, 4.69) is 20.3 Å². The molecule has 0 unspecified atom stereocenters. The number of carbonyl (C=O) groups is 1. The molecule has 2 heterocycles. The molecule has 1 aromatic carbocycles. The number of carbonyl (C=O) groups excluding carboxylic acids is 1. The highest BCUT2D eigenvalue weighted by Crippen LogP contribution is 2.17. The Bertz CT molecular complexity index is 1030. The molecule has 2 N–H and O–H groups in total. The van der Waals surface area contributed by atoms with Crippen LogP contribution in [0.15, 0.2) is 41.6 Å². The van der Waals surface area contributed by atoms with E-state index in [-0.39, 0.29) is 11.9 Å². The number of esters is 1. The minimum absolute atomic E-state index is 0.0336. The number of nitrogen functional groups attached to an aromatic ring is 1. The van der Waals surface area contributed by atoms with Gasteiger partial charge >= 0.3 is 11.7 Å². The van der Waals surface area contributed by atoms with Gasteiger partial charge in [-0.15, -0.1) is 5.10 Å². The van der Waals surface area contributed by atoms with Crippen molar-refractivity contribution in [2.45, 2.75) is 45.7 Å². The molecule has 0 bridgehead atoms. The topological polar surface area (TPSA) is 131 Å². The molecule has 0 aliphatic carbocycles. The van der Waals surface area contributed by atoms with E-state index in [9.17, 15) is 9.59 Å². The predicted octanol–water partition coefficient (Wildman–Crippen LogP) is 1.65. The Balaban J connectivity index is 1.50. The summed E-state index contributed by atoms with van der Waals surface area (Å²) in [7, 11) is 0. The van der Waals surface area contributed by atoms with Gasteiger partial charge in [-0.25, -0.2) is 9.78 Å². The van der Waals surface area contributed by atoms with Crippen molar-refractivity contribution >= 4 is 11.9 Å². The van der Waals surface area contributed by atoms with Crippen LogP contribution in [-0.4, -0.2) is 42.1 Å². The lowest BCUT2D eigenvalue weighted by atomic mass is 10.1. The molecule has 3 rings (SSSR count). The van der Waals surface area contributed by atoms with Crippen molar-refractivity contribution in [3.05, 3.63) is 52.8 Å². The summed E-state index contributed by atoms with van der Waals surface area (Å²) >= 11 is 0. The van der Waals surface area contributed by atoms with Crippen LogP contribution in [0.3, 0.4) is 0 Å². The van der Waals surface area contributed by atoms with Gasteiger partial charge in [-0.2, -0.15) is 4.98 Å². The summed E-state index contributed by atoms with van der Waals surface area (Å²) in [5.41, 5.74) is 7.62. The number of hydrogen-bond donors (Lipinski definition) is 1. The van der Waals surface area contributed by atoms with Crippen molar-refractivity contribution in [3.63, 3.8) is 0 Å². The molecule has 30 heavy (non-hydrogen) atoms. The fourth-order valence-corrected chi connectivity index (χ4v) is 2.95. The van der Waals surface area contributed by atoms with Crippen molar-refractivity contribution in [1.29, 1.82) is 0 Å². The highest BCUT2D eigenvalue weighted by atomic mass is 16.5. The van der Waals surface area contributed by atoms with E-state index in [1.807, 2.05) is 37.4 Å². The molecule has 0 atom stereocenters. The van der Waals surface area contributed by atoms with Gasteiger partial charge in [-0.3, -0.25) is 14.0 Å².